The minimum Gasteiger partial charge on any atom is -0.381 e. The van der Waals surface area contributed by atoms with Gasteiger partial charge >= 0.3 is 0 Å². The first-order valence-electron chi connectivity index (χ1n) is 10.9. The number of ether oxygens (including phenoxy) is 1. The van der Waals surface area contributed by atoms with Crippen LogP contribution in [0.25, 0.3) is 5.69 Å². The summed E-state index contributed by atoms with van der Waals surface area (Å²) in [5.41, 5.74) is 3.71. The maximum absolute atomic E-state index is 13.0. The SMILES string of the molecule is Cc1cc(C)n(-c2ccc(NC(=O)[C@H]3CCCCN3C(=O)C3CCOCC3)cc2)n1. The topological polar surface area (TPSA) is 76.5 Å². The average molecular weight is 411 g/mol. The minimum atomic E-state index is -0.398. The van der Waals surface area contributed by atoms with Gasteiger partial charge in [-0.25, -0.2) is 4.68 Å². The molecule has 30 heavy (non-hydrogen) atoms. The van der Waals surface area contributed by atoms with E-state index in [0.29, 0.717) is 26.2 Å². The third kappa shape index (κ3) is 4.41. The van der Waals surface area contributed by atoms with Crippen molar-refractivity contribution < 1.29 is 14.3 Å². The Hall–Kier alpha value is -2.67. The van der Waals surface area contributed by atoms with E-state index in [1.165, 1.54) is 0 Å². The molecule has 0 saturated carbocycles. The van der Waals surface area contributed by atoms with Crippen molar-refractivity contribution in [2.45, 2.75) is 52.0 Å². The van der Waals surface area contributed by atoms with Gasteiger partial charge in [-0.2, -0.15) is 5.10 Å². The van der Waals surface area contributed by atoms with E-state index in [1.54, 1.807) is 4.90 Å². The zero-order valence-electron chi connectivity index (χ0n) is 17.8. The van der Waals surface area contributed by atoms with Crippen LogP contribution < -0.4 is 5.32 Å². The summed E-state index contributed by atoms with van der Waals surface area (Å²) >= 11 is 0. The fourth-order valence-electron chi connectivity index (χ4n) is 4.45. The molecule has 2 saturated heterocycles. The van der Waals surface area contributed by atoms with E-state index in [0.717, 1.165) is 48.4 Å². The number of carbonyl (C=O) groups excluding carboxylic acids is 2. The van der Waals surface area contributed by atoms with Gasteiger partial charge in [0.2, 0.25) is 11.8 Å². The van der Waals surface area contributed by atoms with Crippen molar-refractivity contribution in [3.63, 3.8) is 0 Å². The number of hydrogen-bond donors (Lipinski definition) is 1. The molecule has 0 unspecified atom stereocenters. The van der Waals surface area contributed by atoms with Crippen LogP contribution in [0, 0.1) is 19.8 Å². The van der Waals surface area contributed by atoms with Crippen LogP contribution >= 0.6 is 0 Å². The second-order valence-corrected chi connectivity index (χ2v) is 8.30. The molecular formula is C23H30N4O3. The summed E-state index contributed by atoms with van der Waals surface area (Å²) in [6.45, 7) is 5.90. The number of aromatic nitrogens is 2. The molecule has 2 aromatic rings. The van der Waals surface area contributed by atoms with Gasteiger partial charge in [-0.3, -0.25) is 9.59 Å². The van der Waals surface area contributed by atoms with Gasteiger partial charge in [-0.15, -0.1) is 0 Å². The molecule has 2 amide bonds. The van der Waals surface area contributed by atoms with E-state index < -0.39 is 6.04 Å². The third-order valence-electron chi connectivity index (χ3n) is 6.05. The molecule has 2 fully saturated rings. The minimum absolute atomic E-state index is 0.0211. The number of likely N-dealkylation sites (tertiary alicyclic amines) is 1. The van der Waals surface area contributed by atoms with E-state index in [2.05, 4.69) is 10.4 Å². The lowest BCUT2D eigenvalue weighted by Crippen LogP contribution is -2.52. The number of rotatable bonds is 4. The number of amides is 2. The molecule has 160 valence electrons. The summed E-state index contributed by atoms with van der Waals surface area (Å²) < 4.78 is 7.27. The molecule has 2 aliphatic heterocycles. The molecule has 0 radical (unpaired) electrons. The van der Waals surface area contributed by atoms with Crippen LogP contribution in [-0.2, 0) is 14.3 Å². The summed E-state index contributed by atoms with van der Waals surface area (Å²) in [5, 5.41) is 7.51. The van der Waals surface area contributed by atoms with E-state index in [4.69, 9.17) is 4.74 Å². The first kappa shape index (κ1) is 20.6. The number of nitrogens with one attached hydrogen (secondary N) is 1. The Kier molecular flexibility index (Phi) is 6.18. The lowest BCUT2D eigenvalue weighted by molar-refractivity contribution is -0.146. The Morgan fingerprint density at radius 1 is 1.07 bits per heavy atom. The molecule has 4 rings (SSSR count). The first-order valence-corrected chi connectivity index (χ1v) is 10.9. The highest BCUT2D eigenvalue weighted by Crippen LogP contribution is 2.25. The third-order valence-corrected chi connectivity index (χ3v) is 6.05. The Balaban J connectivity index is 1.43. The molecule has 2 aliphatic rings. The first-order chi connectivity index (χ1) is 14.5. The Labute approximate surface area is 177 Å². The van der Waals surface area contributed by atoms with E-state index in [9.17, 15) is 9.59 Å². The predicted octanol–water partition coefficient (Wildman–Crippen LogP) is 3.24. The number of piperidine rings is 1. The average Bonchev–Trinajstić information content (AvgIpc) is 3.12. The van der Waals surface area contributed by atoms with Gasteiger partial charge in [0, 0.05) is 37.1 Å². The van der Waals surface area contributed by atoms with Crippen molar-refractivity contribution in [1.82, 2.24) is 14.7 Å². The van der Waals surface area contributed by atoms with Crippen molar-refractivity contribution in [3.8, 4) is 5.69 Å². The van der Waals surface area contributed by atoms with Gasteiger partial charge in [0.15, 0.2) is 0 Å². The zero-order valence-corrected chi connectivity index (χ0v) is 17.8. The number of benzene rings is 1. The lowest BCUT2D eigenvalue weighted by atomic mass is 9.94. The summed E-state index contributed by atoms with van der Waals surface area (Å²) in [6, 6.07) is 9.29. The van der Waals surface area contributed by atoms with Crippen LogP contribution in [0.3, 0.4) is 0 Å². The molecule has 7 nitrogen and oxygen atoms in total. The van der Waals surface area contributed by atoms with Crippen LogP contribution in [-0.4, -0.2) is 52.3 Å². The molecule has 1 aromatic carbocycles. The fraction of sp³-hybridized carbons (Fsp3) is 0.522. The van der Waals surface area contributed by atoms with Gasteiger partial charge in [-0.1, -0.05) is 0 Å². The van der Waals surface area contributed by atoms with Crippen LogP contribution in [0.4, 0.5) is 5.69 Å². The Morgan fingerprint density at radius 2 is 1.80 bits per heavy atom. The highest BCUT2D eigenvalue weighted by Gasteiger charge is 2.35. The van der Waals surface area contributed by atoms with Crippen LogP contribution in [0.15, 0.2) is 30.3 Å². The second-order valence-electron chi connectivity index (χ2n) is 8.30. The van der Waals surface area contributed by atoms with E-state index in [-0.39, 0.29) is 17.7 Å². The lowest BCUT2D eigenvalue weighted by Gasteiger charge is -2.37. The maximum atomic E-state index is 13.0. The zero-order chi connectivity index (χ0) is 21.1. The molecule has 1 N–H and O–H groups in total. The normalized spacial score (nSPS) is 20.2. The highest BCUT2D eigenvalue weighted by atomic mass is 16.5. The molecule has 0 aliphatic carbocycles. The highest BCUT2D eigenvalue weighted by molar-refractivity contribution is 5.97. The molecule has 0 bridgehead atoms. The number of nitrogens with zero attached hydrogens (tertiary/aromatic N) is 3. The molecule has 3 heterocycles. The van der Waals surface area contributed by atoms with Crippen molar-refractivity contribution in [1.29, 1.82) is 0 Å². The van der Waals surface area contributed by atoms with Crippen LogP contribution in [0.1, 0.15) is 43.5 Å². The van der Waals surface area contributed by atoms with Crippen LogP contribution in [0.5, 0.6) is 0 Å². The van der Waals surface area contributed by atoms with Crippen LogP contribution in [0.2, 0.25) is 0 Å². The maximum Gasteiger partial charge on any atom is 0.247 e. The van der Waals surface area contributed by atoms with Gasteiger partial charge in [0.1, 0.15) is 6.04 Å². The summed E-state index contributed by atoms with van der Waals surface area (Å²) in [5.74, 6) is -0.0146. The fourth-order valence-corrected chi connectivity index (χ4v) is 4.45. The smallest absolute Gasteiger partial charge is 0.247 e. The Morgan fingerprint density at radius 3 is 2.47 bits per heavy atom. The van der Waals surface area contributed by atoms with Gasteiger partial charge in [-0.05, 0) is 76.3 Å². The second kappa shape index (κ2) is 9.00. The number of carbonyl (C=O) groups is 2. The van der Waals surface area contributed by atoms with E-state index >= 15 is 0 Å². The summed E-state index contributed by atoms with van der Waals surface area (Å²) in [7, 11) is 0. The van der Waals surface area contributed by atoms with Crippen molar-refractivity contribution in [2.24, 2.45) is 5.92 Å². The van der Waals surface area contributed by atoms with Crippen molar-refractivity contribution in [3.05, 3.63) is 41.7 Å². The van der Waals surface area contributed by atoms with Crippen molar-refractivity contribution in [2.75, 3.05) is 25.1 Å². The van der Waals surface area contributed by atoms with Crippen molar-refractivity contribution >= 4 is 17.5 Å². The molecule has 0 spiro atoms. The molecule has 7 heteroatoms. The monoisotopic (exact) mass is 410 g/mol. The van der Waals surface area contributed by atoms with E-state index in [1.807, 2.05) is 48.9 Å². The van der Waals surface area contributed by atoms with Gasteiger partial charge < -0.3 is 15.0 Å². The standard InChI is InChI=1S/C23H30N4O3/c1-16-15-17(2)27(25-16)20-8-6-19(7-9-20)24-22(28)21-5-3-4-12-26(21)23(29)18-10-13-30-14-11-18/h6-9,15,18,21H,3-5,10-14H2,1-2H3,(H,24,28)/t21-/m1/s1. The molecule has 1 atom stereocenters. The molecule has 1 aromatic heterocycles. The largest absolute Gasteiger partial charge is 0.381 e. The molecular weight excluding hydrogens is 380 g/mol. The number of anilines is 1. The quantitative estimate of drug-likeness (QED) is 0.840. The van der Waals surface area contributed by atoms with Gasteiger partial charge in [0.05, 0.1) is 11.4 Å². The van der Waals surface area contributed by atoms with Gasteiger partial charge in [0.25, 0.3) is 0 Å². The summed E-state index contributed by atoms with van der Waals surface area (Å²) in [6.07, 6.45) is 4.13. The summed E-state index contributed by atoms with van der Waals surface area (Å²) in [4.78, 5) is 27.9. The number of aryl methyl sites for hydroxylation is 2. The predicted molar refractivity (Wildman–Crippen MR) is 115 cm³/mol. The Bertz CT molecular complexity index is 900. The number of hydrogen-bond acceptors (Lipinski definition) is 4.